The number of allylic oxidation sites excluding steroid dienone is 12. The number of unbranched alkanes of at least 4 members (excludes halogenated alkanes) is 8. The van der Waals surface area contributed by atoms with Gasteiger partial charge < -0.3 is 10.2 Å². The van der Waals surface area contributed by atoms with Gasteiger partial charge in [0.05, 0.1) is 0 Å². The lowest BCUT2D eigenvalue weighted by atomic mass is 10.1. The first-order valence-corrected chi connectivity index (χ1v) is 13.8. The fourth-order valence-electron chi connectivity index (χ4n) is 3.12. The number of carboxylic acids is 2. The molecule has 0 radical (unpaired) electrons. The predicted octanol–water partition coefficient (Wildman–Crippen LogP) is 9.76. The first-order valence-electron chi connectivity index (χ1n) is 13.8. The molecule has 204 valence electrons. The standard InChI is InChI=1S/2C16H26O2/c2*1-2-3-4-5-6-7-8-9-10-11-12-13-14-15-16(17)18/h2*2-3,6-7,10-11H,4-5,8-9,12-15H2,1H3,(H,17,18). The van der Waals surface area contributed by atoms with Crippen LogP contribution in [0.3, 0.4) is 0 Å². The minimum Gasteiger partial charge on any atom is -0.481 e. The van der Waals surface area contributed by atoms with E-state index in [2.05, 4.69) is 72.9 Å². The number of hydrogen-bond acceptors (Lipinski definition) is 2. The van der Waals surface area contributed by atoms with Crippen molar-refractivity contribution in [2.75, 3.05) is 0 Å². The van der Waals surface area contributed by atoms with Gasteiger partial charge in [-0.1, -0.05) is 72.9 Å². The zero-order valence-electron chi connectivity index (χ0n) is 23.0. The number of carboxylic acid groups (broad SMARTS) is 2. The van der Waals surface area contributed by atoms with Crippen LogP contribution in [0.5, 0.6) is 0 Å². The minimum atomic E-state index is -0.693. The lowest BCUT2D eigenvalue weighted by molar-refractivity contribution is -0.138. The molecule has 2 N–H and O–H groups in total. The molecule has 0 unspecified atom stereocenters. The number of rotatable bonds is 22. The van der Waals surface area contributed by atoms with Crippen molar-refractivity contribution in [3.8, 4) is 0 Å². The average Bonchev–Trinajstić information content (AvgIpc) is 2.85. The van der Waals surface area contributed by atoms with Crippen molar-refractivity contribution in [2.45, 2.75) is 117 Å². The van der Waals surface area contributed by atoms with Crippen molar-refractivity contribution in [3.05, 3.63) is 72.9 Å². The van der Waals surface area contributed by atoms with Gasteiger partial charge in [-0.25, -0.2) is 0 Å². The highest BCUT2D eigenvalue weighted by atomic mass is 16.4. The van der Waals surface area contributed by atoms with Crippen LogP contribution >= 0.6 is 0 Å². The van der Waals surface area contributed by atoms with Crippen molar-refractivity contribution in [3.63, 3.8) is 0 Å². The monoisotopic (exact) mass is 500 g/mol. The number of hydrogen-bond donors (Lipinski definition) is 2. The van der Waals surface area contributed by atoms with E-state index < -0.39 is 11.9 Å². The molecule has 0 rings (SSSR count). The zero-order valence-corrected chi connectivity index (χ0v) is 23.0. The molecule has 0 fully saturated rings. The molecule has 0 saturated carbocycles. The Morgan fingerprint density at radius 1 is 0.417 bits per heavy atom. The Morgan fingerprint density at radius 3 is 0.917 bits per heavy atom. The van der Waals surface area contributed by atoms with E-state index in [1.165, 1.54) is 0 Å². The Balaban J connectivity index is 0. The van der Waals surface area contributed by atoms with Crippen molar-refractivity contribution in [1.29, 1.82) is 0 Å². The number of carbonyl (C=O) groups is 2. The Morgan fingerprint density at radius 2 is 0.667 bits per heavy atom. The summed E-state index contributed by atoms with van der Waals surface area (Å²) in [6, 6.07) is 0. The van der Waals surface area contributed by atoms with Gasteiger partial charge in [0.25, 0.3) is 0 Å². The van der Waals surface area contributed by atoms with Gasteiger partial charge in [0.1, 0.15) is 0 Å². The van der Waals surface area contributed by atoms with E-state index in [1.54, 1.807) is 0 Å². The molecular formula is C32H52O4. The first-order chi connectivity index (χ1) is 17.5. The van der Waals surface area contributed by atoms with Crippen LogP contribution in [0.4, 0.5) is 0 Å². The van der Waals surface area contributed by atoms with Gasteiger partial charge in [-0.3, -0.25) is 9.59 Å². The van der Waals surface area contributed by atoms with Crippen LogP contribution in [0.2, 0.25) is 0 Å². The van der Waals surface area contributed by atoms with Crippen molar-refractivity contribution in [2.24, 2.45) is 0 Å². The third-order valence-corrected chi connectivity index (χ3v) is 5.16. The van der Waals surface area contributed by atoms with Gasteiger partial charge >= 0.3 is 11.9 Å². The molecule has 0 aromatic rings. The fraction of sp³-hybridized carbons (Fsp3) is 0.562. The van der Waals surface area contributed by atoms with Gasteiger partial charge in [0.2, 0.25) is 0 Å². The third kappa shape index (κ3) is 38.6. The van der Waals surface area contributed by atoms with Crippen LogP contribution in [0.15, 0.2) is 72.9 Å². The van der Waals surface area contributed by atoms with E-state index in [-0.39, 0.29) is 0 Å². The summed E-state index contributed by atoms with van der Waals surface area (Å²) >= 11 is 0. The second kappa shape index (κ2) is 32.4. The van der Waals surface area contributed by atoms with E-state index in [0.29, 0.717) is 12.8 Å². The maximum atomic E-state index is 10.3. The van der Waals surface area contributed by atoms with E-state index in [1.807, 2.05) is 13.8 Å². The van der Waals surface area contributed by atoms with E-state index in [9.17, 15) is 9.59 Å². The lowest BCUT2D eigenvalue weighted by Crippen LogP contribution is -1.92. The molecule has 0 amide bonds. The van der Waals surface area contributed by atoms with Crippen molar-refractivity contribution >= 4 is 11.9 Å². The van der Waals surface area contributed by atoms with Crippen molar-refractivity contribution < 1.29 is 19.8 Å². The smallest absolute Gasteiger partial charge is 0.303 e. The molecular weight excluding hydrogens is 448 g/mol. The maximum Gasteiger partial charge on any atom is 0.303 e. The quantitative estimate of drug-likeness (QED) is 0.115. The molecule has 0 bridgehead atoms. The molecule has 0 saturated heterocycles. The van der Waals surface area contributed by atoms with Gasteiger partial charge in [-0.05, 0) is 104 Å². The zero-order chi connectivity index (χ0) is 27.0. The summed E-state index contributed by atoms with van der Waals surface area (Å²) in [5.74, 6) is -1.39. The summed E-state index contributed by atoms with van der Waals surface area (Å²) in [6.07, 6.45) is 41.2. The predicted molar refractivity (Wildman–Crippen MR) is 155 cm³/mol. The van der Waals surface area contributed by atoms with Gasteiger partial charge in [0, 0.05) is 12.8 Å². The van der Waals surface area contributed by atoms with Gasteiger partial charge in [-0.2, -0.15) is 0 Å². The van der Waals surface area contributed by atoms with Crippen LogP contribution in [0, 0.1) is 0 Å². The normalized spacial score (nSPS) is 12.1. The highest BCUT2D eigenvalue weighted by Crippen LogP contribution is 2.04. The molecule has 4 heteroatoms. The van der Waals surface area contributed by atoms with Crippen molar-refractivity contribution in [1.82, 2.24) is 0 Å². The molecule has 0 aromatic carbocycles. The topological polar surface area (TPSA) is 74.6 Å². The summed E-state index contributed by atoms with van der Waals surface area (Å²) in [6.45, 7) is 4.09. The van der Waals surface area contributed by atoms with E-state index >= 15 is 0 Å². The first kappa shape index (κ1) is 35.5. The average molecular weight is 501 g/mol. The SMILES string of the molecule is CC=CCCC=CCCC=CCCCCC(=O)O.CC=CCCC=CCCC=CCCCCC(=O)O. The second-order valence-electron chi connectivity index (χ2n) is 8.61. The highest BCUT2D eigenvalue weighted by molar-refractivity contribution is 5.66. The molecule has 0 aromatic heterocycles. The second-order valence-corrected chi connectivity index (χ2v) is 8.61. The largest absolute Gasteiger partial charge is 0.481 e. The third-order valence-electron chi connectivity index (χ3n) is 5.16. The summed E-state index contributed by atoms with van der Waals surface area (Å²) in [5, 5.41) is 16.9. The lowest BCUT2D eigenvalue weighted by Gasteiger charge is -1.93. The molecule has 0 heterocycles. The Hall–Kier alpha value is -2.62. The molecule has 0 aliphatic rings. The molecule has 0 aliphatic heterocycles. The Bertz CT molecular complexity index is 608. The Labute approximate surface area is 221 Å². The summed E-state index contributed by atoms with van der Waals surface area (Å²) in [7, 11) is 0. The van der Waals surface area contributed by atoms with E-state index in [4.69, 9.17) is 10.2 Å². The summed E-state index contributed by atoms with van der Waals surface area (Å²) < 4.78 is 0. The highest BCUT2D eigenvalue weighted by Gasteiger charge is 1.94. The maximum absolute atomic E-state index is 10.3. The van der Waals surface area contributed by atoms with Crippen LogP contribution in [-0.4, -0.2) is 22.2 Å². The minimum absolute atomic E-state index is 0.294. The van der Waals surface area contributed by atoms with Crippen LogP contribution in [0.1, 0.15) is 117 Å². The summed E-state index contributed by atoms with van der Waals surface area (Å²) in [5.41, 5.74) is 0. The van der Waals surface area contributed by atoms with Crippen LogP contribution < -0.4 is 0 Å². The number of aliphatic carboxylic acids is 2. The molecule has 0 atom stereocenters. The fourth-order valence-corrected chi connectivity index (χ4v) is 3.12. The molecule has 0 aliphatic carbocycles. The van der Waals surface area contributed by atoms with Crippen LogP contribution in [-0.2, 0) is 9.59 Å². The molecule has 36 heavy (non-hydrogen) atoms. The molecule has 0 spiro atoms. The molecule has 4 nitrogen and oxygen atoms in total. The van der Waals surface area contributed by atoms with Crippen LogP contribution in [0.25, 0.3) is 0 Å². The Kier molecular flexibility index (Phi) is 32.0. The van der Waals surface area contributed by atoms with E-state index in [0.717, 1.165) is 89.9 Å². The van der Waals surface area contributed by atoms with Gasteiger partial charge in [-0.15, -0.1) is 0 Å². The summed E-state index contributed by atoms with van der Waals surface area (Å²) in [4.78, 5) is 20.5. The van der Waals surface area contributed by atoms with Gasteiger partial charge in [0.15, 0.2) is 0 Å².